The monoisotopic (exact) mass is 362 g/mol. The zero-order chi connectivity index (χ0) is 16.7. The highest BCUT2D eigenvalue weighted by molar-refractivity contribution is 7.98. The predicted octanol–water partition coefficient (Wildman–Crippen LogP) is 1.24. The maximum absolute atomic E-state index is 10.1. The van der Waals surface area contributed by atoms with E-state index in [0.717, 1.165) is 23.4 Å². The highest BCUT2D eigenvalue weighted by Crippen LogP contribution is 1.98. The molecular weight excluding hydrogens is 340 g/mol. The van der Waals surface area contributed by atoms with Crippen LogP contribution in [0.4, 0.5) is 0 Å². The number of carboxylic acid groups (broad SMARTS) is 2. The molecule has 0 aliphatic carbocycles. The van der Waals surface area contributed by atoms with Gasteiger partial charge in [-0.25, -0.2) is 0 Å². The molecule has 1 heterocycles. The van der Waals surface area contributed by atoms with E-state index in [1.54, 1.807) is 23.5 Å². The molecule has 0 saturated carbocycles. The van der Waals surface area contributed by atoms with Crippen LogP contribution < -0.4 is 11.5 Å². The molecule has 1 aromatic rings. The molecule has 8 nitrogen and oxygen atoms in total. The Morgan fingerprint density at radius 3 is 1.43 bits per heavy atom. The van der Waals surface area contributed by atoms with Crippen LogP contribution in [0.5, 0.6) is 0 Å². The first-order valence-electron chi connectivity index (χ1n) is 5.81. The summed E-state index contributed by atoms with van der Waals surface area (Å²) in [5.74, 6) is -0.200. The lowest BCUT2D eigenvalue weighted by Crippen LogP contribution is -2.30. The molecule has 0 aliphatic heterocycles. The Bertz CT molecular complexity index is 304. The summed E-state index contributed by atoms with van der Waals surface area (Å²) in [5, 5.41) is 16.5. The Morgan fingerprint density at radius 1 is 1.00 bits per heavy atom. The van der Waals surface area contributed by atoms with Gasteiger partial charge in [-0.1, -0.05) is 0 Å². The van der Waals surface area contributed by atoms with Crippen molar-refractivity contribution in [2.24, 2.45) is 11.5 Å². The van der Waals surface area contributed by atoms with Gasteiger partial charge in [0.05, 0.1) is 0 Å². The molecule has 1 rings (SSSR count). The summed E-state index contributed by atoms with van der Waals surface area (Å²) >= 11 is 4.21. The van der Waals surface area contributed by atoms with Crippen LogP contribution in [0.25, 0.3) is 0 Å². The highest BCUT2D eigenvalue weighted by Gasteiger charge is 2.09. The fraction of sp³-hybridized carbons (Fsp3) is 0.800. The Kier molecular flexibility index (Phi) is 17.0. The van der Waals surface area contributed by atoms with Crippen LogP contribution in [-0.4, -0.2) is 58.3 Å². The molecule has 0 fully saturated rings. The fourth-order valence-electron chi connectivity index (χ4n) is 0.737. The average molecular weight is 362 g/mol. The van der Waals surface area contributed by atoms with E-state index in [4.69, 9.17) is 21.7 Å². The summed E-state index contributed by atoms with van der Waals surface area (Å²) in [4.78, 5) is 20.1. The van der Waals surface area contributed by atoms with Gasteiger partial charge >= 0.3 is 23.9 Å². The predicted molar refractivity (Wildman–Crippen MR) is 86.1 cm³/mol. The van der Waals surface area contributed by atoms with Gasteiger partial charge in [0.2, 0.25) is 0 Å². The minimum atomic E-state index is -0.913. The largest absolute Gasteiger partial charge is 0.480 e. The topological polar surface area (TPSA) is 153 Å². The number of thioether (sulfide) groups is 2. The molecular formula is C10H22N2O6S3. The summed E-state index contributed by atoms with van der Waals surface area (Å²) in [6, 6.07) is -1.37. The maximum atomic E-state index is 10.1. The lowest BCUT2D eigenvalue weighted by atomic mass is 10.2. The third-order valence-electron chi connectivity index (χ3n) is 1.97. The number of rotatable bonds is 8. The number of carboxylic acids is 2. The summed E-state index contributed by atoms with van der Waals surface area (Å²) < 4.78 is 7.83. The van der Waals surface area contributed by atoms with Crippen molar-refractivity contribution in [2.75, 3.05) is 24.0 Å². The van der Waals surface area contributed by atoms with Crippen molar-refractivity contribution in [1.29, 1.82) is 0 Å². The van der Waals surface area contributed by atoms with Crippen molar-refractivity contribution in [3.05, 3.63) is 0 Å². The van der Waals surface area contributed by atoms with E-state index in [9.17, 15) is 9.59 Å². The van der Waals surface area contributed by atoms with Gasteiger partial charge in [0, 0.05) is 0 Å². The summed E-state index contributed by atoms with van der Waals surface area (Å²) in [7, 11) is 0. The van der Waals surface area contributed by atoms with Gasteiger partial charge in [0.1, 0.15) is 12.1 Å². The summed E-state index contributed by atoms with van der Waals surface area (Å²) in [5.41, 5.74) is 10.4. The first-order valence-corrected chi connectivity index (χ1v) is 9.26. The van der Waals surface area contributed by atoms with Crippen molar-refractivity contribution >= 4 is 47.4 Å². The molecule has 11 heteroatoms. The van der Waals surface area contributed by atoms with Gasteiger partial charge in [-0.05, 0) is 36.9 Å². The SMILES string of the molecule is CSCC[C@H](N)C(=O)O.CSCC[C@H](N)C(=O)O.o1os1. The Labute approximate surface area is 136 Å². The third kappa shape index (κ3) is 21.8. The molecule has 0 spiro atoms. The van der Waals surface area contributed by atoms with E-state index in [1.807, 2.05) is 12.5 Å². The molecule has 1 aromatic heterocycles. The van der Waals surface area contributed by atoms with Gasteiger partial charge in [-0.2, -0.15) is 31.5 Å². The minimum Gasteiger partial charge on any atom is -0.480 e. The standard InChI is InChI=1S/2C5H11NO2S.O2S/c2*1-9-3-2-4(6)5(7)8;1-2-3-1/h2*4H,2-3,6H2,1H3,(H,7,8);/t2*4-;/m00./s1. The van der Waals surface area contributed by atoms with E-state index in [2.05, 4.69) is 8.02 Å². The molecule has 0 bridgehead atoms. The lowest BCUT2D eigenvalue weighted by Gasteiger charge is -2.02. The van der Waals surface area contributed by atoms with Gasteiger partial charge in [-0.15, -0.1) is 0 Å². The Morgan fingerprint density at radius 2 is 1.29 bits per heavy atom. The number of carbonyl (C=O) groups is 2. The smallest absolute Gasteiger partial charge is 0.335 e. The van der Waals surface area contributed by atoms with Crippen molar-refractivity contribution < 1.29 is 27.8 Å². The summed E-state index contributed by atoms with van der Waals surface area (Å²) in [6.45, 7) is 0. The van der Waals surface area contributed by atoms with E-state index in [0.29, 0.717) is 12.8 Å². The van der Waals surface area contributed by atoms with Crippen LogP contribution in [0.2, 0.25) is 0 Å². The van der Waals surface area contributed by atoms with Gasteiger partial charge in [0.15, 0.2) is 0 Å². The molecule has 0 amide bonds. The van der Waals surface area contributed by atoms with Crippen molar-refractivity contribution in [3.8, 4) is 0 Å². The number of aliphatic carboxylic acids is 2. The van der Waals surface area contributed by atoms with E-state index >= 15 is 0 Å². The highest BCUT2D eigenvalue weighted by atomic mass is 32.2. The Hall–Kier alpha value is -0.620. The second kappa shape index (κ2) is 15.8. The normalized spacial score (nSPS) is 12.4. The minimum absolute atomic E-state index is 0.552. The van der Waals surface area contributed by atoms with Gasteiger partial charge < -0.3 is 21.7 Å². The second-order valence-corrected chi connectivity index (χ2v) is 6.04. The maximum Gasteiger partial charge on any atom is 0.335 e. The molecule has 0 saturated heterocycles. The molecule has 2 atom stereocenters. The van der Waals surface area contributed by atoms with Crippen LogP contribution in [0.1, 0.15) is 12.8 Å². The van der Waals surface area contributed by atoms with E-state index < -0.39 is 24.0 Å². The van der Waals surface area contributed by atoms with Crippen molar-refractivity contribution in [1.82, 2.24) is 0 Å². The molecule has 0 unspecified atom stereocenters. The third-order valence-corrected chi connectivity index (χ3v) is 3.39. The van der Waals surface area contributed by atoms with Crippen molar-refractivity contribution in [2.45, 2.75) is 24.9 Å². The quantitative estimate of drug-likeness (QED) is 0.496. The second-order valence-electron chi connectivity index (χ2n) is 3.66. The van der Waals surface area contributed by atoms with Crippen LogP contribution in [0.15, 0.2) is 8.02 Å². The average Bonchev–Trinajstić information content (AvgIpc) is 3.30. The van der Waals surface area contributed by atoms with Gasteiger partial charge in [0.25, 0.3) is 0 Å². The van der Waals surface area contributed by atoms with Crippen LogP contribution in [0, 0.1) is 0 Å². The first-order chi connectivity index (χ1) is 9.86. The van der Waals surface area contributed by atoms with Crippen LogP contribution in [0.3, 0.4) is 0 Å². The first kappa shape index (κ1) is 22.7. The molecule has 6 N–H and O–H groups in total. The number of hydrogen-bond acceptors (Lipinski definition) is 9. The number of hydrogen-bond donors (Lipinski definition) is 4. The van der Waals surface area contributed by atoms with E-state index in [-0.39, 0.29) is 0 Å². The zero-order valence-electron chi connectivity index (χ0n) is 11.9. The van der Waals surface area contributed by atoms with Crippen molar-refractivity contribution in [3.63, 3.8) is 0 Å². The Balaban J connectivity index is 0. The molecule has 126 valence electrons. The molecule has 0 radical (unpaired) electrons. The van der Waals surface area contributed by atoms with Crippen LogP contribution >= 0.6 is 35.5 Å². The van der Waals surface area contributed by atoms with Crippen LogP contribution in [-0.2, 0) is 9.59 Å². The van der Waals surface area contributed by atoms with E-state index in [1.165, 1.54) is 0 Å². The summed E-state index contributed by atoms with van der Waals surface area (Å²) in [6.07, 6.45) is 4.95. The zero-order valence-corrected chi connectivity index (χ0v) is 14.3. The number of nitrogens with two attached hydrogens (primary N) is 2. The molecule has 21 heavy (non-hydrogen) atoms. The fourth-order valence-corrected chi connectivity index (χ4v) is 1.72. The lowest BCUT2D eigenvalue weighted by molar-refractivity contribution is -0.139. The molecule has 0 aromatic carbocycles. The van der Waals surface area contributed by atoms with Gasteiger partial charge in [-0.3, -0.25) is 9.59 Å². The molecule has 0 aliphatic rings.